The van der Waals surface area contributed by atoms with Crippen molar-refractivity contribution in [2.24, 2.45) is 11.8 Å². The first kappa shape index (κ1) is 31.8. The molecule has 1 saturated heterocycles. The molecule has 5 unspecified atom stereocenters. The highest BCUT2D eigenvalue weighted by Gasteiger charge is 2.64. The Kier molecular flexibility index (Phi) is 9.54. The first-order valence-electron chi connectivity index (χ1n) is 15.2. The third kappa shape index (κ3) is 7.04. The lowest BCUT2D eigenvalue weighted by molar-refractivity contribution is -0.209. The van der Waals surface area contributed by atoms with Crippen LogP contribution in [0.1, 0.15) is 54.9 Å². The van der Waals surface area contributed by atoms with Crippen molar-refractivity contribution in [3.8, 4) is 0 Å². The van der Waals surface area contributed by atoms with E-state index in [4.69, 9.17) is 19.3 Å². The van der Waals surface area contributed by atoms with Gasteiger partial charge < -0.3 is 40.0 Å². The lowest BCUT2D eigenvalue weighted by Gasteiger charge is -2.31. The number of nitrogens with zero attached hydrogens (tertiary/aromatic N) is 1. The second-order valence-electron chi connectivity index (χ2n) is 12.2. The number of ether oxygens (including phenoxy) is 3. The number of amides is 3. The van der Waals surface area contributed by atoms with Crippen molar-refractivity contribution in [2.45, 2.75) is 75.3 Å². The molecule has 0 aromatic heterocycles. The van der Waals surface area contributed by atoms with Crippen LogP contribution in [0.3, 0.4) is 0 Å². The number of hydrogen-bond donors (Lipinski definition) is 4. The Morgan fingerprint density at radius 1 is 1.09 bits per heavy atom. The van der Waals surface area contributed by atoms with Crippen LogP contribution >= 0.6 is 0 Å². The van der Waals surface area contributed by atoms with Gasteiger partial charge in [0.1, 0.15) is 24.4 Å². The van der Waals surface area contributed by atoms with Crippen LogP contribution in [0.2, 0.25) is 0 Å². The van der Waals surface area contributed by atoms with E-state index in [0.717, 1.165) is 31.2 Å². The van der Waals surface area contributed by atoms with Gasteiger partial charge >= 0.3 is 5.97 Å². The van der Waals surface area contributed by atoms with Gasteiger partial charge in [-0.2, -0.15) is 0 Å². The van der Waals surface area contributed by atoms with Crippen molar-refractivity contribution < 1.29 is 43.6 Å². The molecule has 1 aliphatic heterocycles. The number of hydrogen-bond acceptors (Lipinski definition) is 9. The van der Waals surface area contributed by atoms with Gasteiger partial charge in [-0.25, -0.2) is 4.79 Å². The molecule has 0 spiro atoms. The quantitative estimate of drug-likeness (QED) is 0.199. The smallest absolute Gasteiger partial charge is 0.338 e. The Morgan fingerprint density at radius 2 is 1.75 bits per heavy atom. The molecule has 44 heavy (non-hydrogen) atoms. The fourth-order valence-corrected chi connectivity index (χ4v) is 5.75. The Balaban J connectivity index is 1.34. The van der Waals surface area contributed by atoms with Crippen molar-refractivity contribution in [3.05, 3.63) is 53.1 Å². The van der Waals surface area contributed by atoms with Crippen molar-refractivity contribution in [2.75, 3.05) is 27.2 Å². The van der Waals surface area contributed by atoms with Gasteiger partial charge in [-0.05, 0) is 62.5 Å². The third-order valence-electron chi connectivity index (χ3n) is 8.43. The van der Waals surface area contributed by atoms with Crippen molar-refractivity contribution in [1.29, 1.82) is 0 Å². The summed E-state index contributed by atoms with van der Waals surface area (Å²) in [6.07, 6.45) is 5.43. The Labute approximate surface area is 256 Å². The Bertz CT molecular complexity index is 1300. The highest BCUT2D eigenvalue weighted by atomic mass is 16.8. The number of carbonyl (C=O) groups is 4. The summed E-state index contributed by atoms with van der Waals surface area (Å²) in [7, 11) is 3.32. The summed E-state index contributed by atoms with van der Waals surface area (Å²) in [4.78, 5) is 52.6. The maximum Gasteiger partial charge on any atom is 0.338 e. The standard InChI is InChI=1S/C32H41N3O9/c1-18(37)27(30(40)33-14-15-36)34-29(39)21-16-24(28-25(17-21)43-32(44-28,22-9-10-22)23-11-12-23)42-31(41)20-7-4-19(5-8-20)6-13-26(38)35(2)3/h4-8,13,17-18,22-25,27-28,36-37H,9-12,14-16H2,1-3H3,(H,33,40)(H,34,39). The molecule has 1 aromatic rings. The van der Waals surface area contributed by atoms with E-state index in [0.29, 0.717) is 5.56 Å². The average molecular weight is 612 g/mol. The number of aliphatic hydroxyl groups is 2. The Hall–Kier alpha value is -3.58. The number of rotatable bonds is 12. The molecule has 5 atom stereocenters. The molecule has 3 aliphatic carbocycles. The number of likely N-dealkylation sites (N-methyl/N-ethyl adjacent to an activating group) is 1. The topological polar surface area (TPSA) is 164 Å². The molecule has 4 N–H and O–H groups in total. The summed E-state index contributed by atoms with van der Waals surface area (Å²) >= 11 is 0. The molecule has 1 heterocycles. The van der Waals surface area contributed by atoms with E-state index in [2.05, 4.69) is 10.6 Å². The normalized spacial score (nSPS) is 25.4. The number of carbonyl (C=O) groups excluding carboxylic acids is 4. The summed E-state index contributed by atoms with van der Waals surface area (Å²) in [5, 5.41) is 24.3. The van der Waals surface area contributed by atoms with E-state index >= 15 is 0 Å². The highest BCUT2D eigenvalue weighted by Crippen LogP contribution is 2.59. The van der Waals surface area contributed by atoms with E-state index < -0.39 is 54.0 Å². The van der Waals surface area contributed by atoms with E-state index in [9.17, 15) is 24.3 Å². The van der Waals surface area contributed by atoms with Crippen molar-refractivity contribution >= 4 is 29.8 Å². The zero-order chi connectivity index (χ0) is 31.6. The minimum atomic E-state index is -1.26. The minimum Gasteiger partial charge on any atom is -0.456 e. The first-order valence-corrected chi connectivity index (χ1v) is 15.2. The van der Waals surface area contributed by atoms with Gasteiger partial charge in [0.05, 0.1) is 18.3 Å². The molecule has 0 radical (unpaired) electrons. The molecule has 0 bridgehead atoms. The SMILES string of the molecule is CC(O)C(NC(=O)C1=CC2OC(C3CC3)(C3CC3)OC2C(OC(=O)c2ccc(C=CC(=O)N(C)C)cc2)C1)C(=O)NCCO. The van der Waals surface area contributed by atoms with E-state index in [1.54, 1.807) is 50.5 Å². The molecule has 4 aliphatic rings. The van der Waals surface area contributed by atoms with Crippen molar-refractivity contribution in [1.82, 2.24) is 15.5 Å². The zero-order valence-corrected chi connectivity index (χ0v) is 25.2. The predicted molar refractivity (Wildman–Crippen MR) is 158 cm³/mol. The molecule has 2 saturated carbocycles. The van der Waals surface area contributed by atoms with Gasteiger partial charge in [0.2, 0.25) is 17.7 Å². The summed E-state index contributed by atoms with van der Waals surface area (Å²) < 4.78 is 19.2. The van der Waals surface area contributed by atoms with Crippen LogP contribution in [-0.4, -0.2) is 102 Å². The van der Waals surface area contributed by atoms with Crippen LogP contribution in [0, 0.1) is 11.8 Å². The van der Waals surface area contributed by atoms with Gasteiger partial charge in [0.15, 0.2) is 5.79 Å². The van der Waals surface area contributed by atoms with Gasteiger partial charge in [0, 0.05) is 50.5 Å². The molecule has 238 valence electrons. The summed E-state index contributed by atoms with van der Waals surface area (Å²) in [5.41, 5.74) is 1.28. The zero-order valence-electron chi connectivity index (χ0n) is 25.2. The second-order valence-corrected chi connectivity index (χ2v) is 12.2. The molecule has 5 rings (SSSR count). The van der Waals surface area contributed by atoms with Gasteiger partial charge in [-0.3, -0.25) is 14.4 Å². The maximum absolute atomic E-state index is 13.4. The maximum atomic E-state index is 13.4. The second kappa shape index (κ2) is 13.2. The van der Waals surface area contributed by atoms with E-state index in [1.807, 2.05) is 0 Å². The lowest BCUT2D eigenvalue weighted by Crippen LogP contribution is -2.54. The number of esters is 1. The fraction of sp³-hybridized carbons (Fsp3) is 0.562. The predicted octanol–water partition coefficient (Wildman–Crippen LogP) is 0.918. The molecular formula is C32H41N3O9. The largest absolute Gasteiger partial charge is 0.456 e. The number of benzene rings is 1. The number of nitrogens with one attached hydrogen (secondary N) is 2. The monoisotopic (exact) mass is 611 g/mol. The van der Waals surface area contributed by atoms with Crippen molar-refractivity contribution in [3.63, 3.8) is 0 Å². The van der Waals surface area contributed by atoms with Crippen LogP contribution in [0.4, 0.5) is 0 Å². The minimum absolute atomic E-state index is 0.0196. The van der Waals surface area contributed by atoms with Crippen LogP contribution < -0.4 is 10.6 Å². The molecule has 3 fully saturated rings. The van der Waals surface area contributed by atoms with Crippen LogP contribution in [0.5, 0.6) is 0 Å². The van der Waals surface area contributed by atoms with E-state index in [-0.39, 0.29) is 42.9 Å². The molecule has 12 heteroatoms. The molecular weight excluding hydrogens is 570 g/mol. The first-order chi connectivity index (χ1) is 21.0. The third-order valence-corrected chi connectivity index (χ3v) is 8.43. The van der Waals surface area contributed by atoms with E-state index in [1.165, 1.54) is 17.9 Å². The van der Waals surface area contributed by atoms with Crippen LogP contribution in [-0.2, 0) is 28.6 Å². The van der Waals surface area contributed by atoms with Gasteiger partial charge in [0.25, 0.3) is 0 Å². The summed E-state index contributed by atoms with van der Waals surface area (Å²) in [6, 6.07) is 5.37. The van der Waals surface area contributed by atoms with Gasteiger partial charge in [-0.15, -0.1) is 0 Å². The Morgan fingerprint density at radius 3 is 2.32 bits per heavy atom. The van der Waals surface area contributed by atoms with Crippen LogP contribution in [0.25, 0.3) is 6.08 Å². The molecule has 12 nitrogen and oxygen atoms in total. The average Bonchev–Trinajstić information content (AvgIpc) is 3.94. The van der Waals surface area contributed by atoms with Gasteiger partial charge in [-0.1, -0.05) is 12.1 Å². The van der Waals surface area contributed by atoms with Crippen LogP contribution in [0.15, 0.2) is 42.0 Å². The highest BCUT2D eigenvalue weighted by molar-refractivity contribution is 5.98. The fourth-order valence-electron chi connectivity index (χ4n) is 5.75. The number of fused-ring (bicyclic) bond motifs is 1. The summed E-state index contributed by atoms with van der Waals surface area (Å²) in [6.45, 7) is 1.07. The summed E-state index contributed by atoms with van der Waals surface area (Å²) in [5.74, 6) is -2.27. The lowest BCUT2D eigenvalue weighted by atomic mass is 9.91. The molecule has 3 amide bonds. The molecule has 1 aromatic carbocycles. The number of aliphatic hydroxyl groups excluding tert-OH is 2.